The molecule has 0 bridgehead atoms. The van der Waals surface area contributed by atoms with Gasteiger partial charge in [-0.05, 0) is 23.8 Å². The quantitative estimate of drug-likeness (QED) is 0.488. The number of nitrogens with one attached hydrogen (secondary N) is 2. The molecule has 138 valence electrons. The fourth-order valence-electron chi connectivity index (χ4n) is 3.44. The second-order valence-corrected chi connectivity index (χ2v) is 8.42. The molecule has 0 spiro atoms. The molecular weight excluding hydrogens is 372 g/mol. The van der Waals surface area contributed by atoms with Gasteiger partial charge in [-0.25, -0.2) is 8.42 Å². The first kappa shape index (κ1) is 16.7. The van der Waals surface area contributed by atoms with Crippen molar-refractivity contribution >= 4 is 15.5 Å². The van der Waals surface area contributed by atoms with Crippen LogP contribution in [0.5, 0.6) is 0 Å². The van der Waals surface area contributed by atoms with Crippen LogP contribution in [-0.2, 0) is 16.4 Å². The molecule has 2 aromatic heterocycles. The Labute approximate surface area is 162 Å². The van der Waals surface area contributed by atoms with E-state index in [-0.39, 0.29) is 4.90 Å². The van der Waals surface area contributed by atoms with E-state index >= 15 is 0 Å². The van der Waals surface area contributed by atoms with Crippen molar-refractivity contribution in [1.29, 1.82) is 0 Å². The number of hydrogen-bond acceptors (Lipinski definition) is 5. The summed E-state index contributed by atoms with van der Waals surface area (Å²) < 4.78 is 26.0. The van der Waals surface area contributed by atoms with Crippen molar-refractivity contribution in [2.75, 3.05) is 5.32 Å². The molecule has 3 heterocycles. The second kappa shape index (κ2) is 6.31. The number of aromatic amines is 1. The van der Waals surface area contributed by atoms with Gasteiger partial charge in [0.05, 0.1) is 10.6 Å². The summed E-state index contributed by atoms with van der Waals surface area (Å²) in [6.07, 6.45) is 3.48. The Bertz CT molecular complexity index is 1260. The summed E-state index contributed by atoms with van der Waals surface area (Å²) in [4.78, 5) is 4.59. The summed E-state index contributed by atoms with van der Waals surface area (Å²) in [6.45, 7) is 0.659. The standard InChI is InChI=1S/C21H16N4O2S/c26-28(27)18-4-2-1-3-17(18)20-21(28)19(24-25-20)15-7-5-14(6-8-15)13-23-16-9-11-22-12-10-16/h1-12H,13H2,(H,22,23)(H,24,25). The lowest BCUT2D eigenvalue weighted by molar-refractivity contribution is 0.599. The summed E-state index contributed by atoms with van der Waals surface area (Å²) >= 11 is 0. The van der Waals surface area contributed by atoms with Gasteiger partial charge in [-0.2, -0.15) is 5.10 Å². The minimum Gasteiger partial charge on any atom is -0.381 e. The smallest absolute Gasteiger partial charge is 0.211 e. The minimum atomic E-state index is -3.57. The zero-order chi connectivity index (χ0) is 19.1. The van der Waals surface area contributed by atoms with Crippen LogP contribution in [0.25, 0.3) is 22.5 Å². The number of H-pyrrole nitrogens is 1. The molecule has 6 nitrogen and oxygen atoms in total. The molecule has 0 aliphatic carbocycles. The third-order valence-corrected chi connectivity index (χ3v) is 6.71. The highest BCUT2D eigenvalue weighted by molar-refractivity contribution is 7.92. The lowest BCUT2D eigenvalue weighted by Gasteiger charge is -2.07. The SMILES string of the molecule is O=S1(=O)c2ccccc2-c2[nH]nc(-c3ccc(CNc4ccncc4)cc3)c21. The monoisotopic (exact) mass is 388 g/mol. The van der Waals surface area contributed by atoms with Crippen LogP contribution in [0.2, 0.25) is 0 Å². The molecule has 1 aliphatic rings. The first-order valence-electron chi connectivity index (χ1n) is 8.81. The second-order valence-electron chi connectivity index (χ2n) is 6.56. The molecule has 28 heavy (non-hydrogen) atoms. The van der Waals surface area contributed by atoms with Crippen LogP contribution in [0.1, 0.15) is 5.56 Å². The fourth-order valence-corrected chi connectivity index (χ4v) is 5.22. The molecule has 0 radical (unpaired) electrons. The maximum atomic E-state index is 13.0. The summed E-state index contributed by atoms with van der Waals surface area (Å²) in [7, 11) is -3.57. The van der Waals surface area contributed by atoms with Gasteiger partial charge in [0, 0.05) is 35.8 Å². The lowest BCUT2D eigenvalue weighted by atomic mass is 10.1. The highest BCUT2D eigenvalue weighted by atomic mass is 32.2. The van der Waals surface area contributed by atoms with Gasteiger partial charge in [0.1, 0.15) is 10.6 Å². The summed E-state index contributed by atoms with van der Waals surface area (Å²) in [6, 6.07) is 18.6. The van der Waals surface area contributed by atoms with E-state index in [4.69, 9.17) is 0 Å². The van der Waals surface area contributed by atoms with Gasteiger partial charge in [-0.3, -0.25) is 10.1 Å². The molecule has 0 atom stereocenters. The number of aromatic nitrogens is 3. The third kappa shape index (κ3) is 2.59. The van der Waals surface area contributed by atoms with Crippen LogP contribution in [0.3, 0.4) is 0 Å². The molecule has 0 saturated carbocycles. The number of rotatable bonds is 4. The van der Waals surface area contributed by atoms with Gasteiger partial charge in [0.2, 0.25) is 9.84 Å². The summed E-state index contributed by atoms with van der Waals surface area (Å²) in [5.41, 5.74) is 4.54. The average molecular weight is 388 g/mol. The predicted molar refractivity (Wildman–Crippen MR) is 106 cm³/mol. The molecular formula is C21H16N4O2S. The maximum absolute atomic E-state index is 13.0. The number of benzene rings is 2. The van der Waals surface area contributed by atoms with E-state index < -0.39 is 9.84 Å². The molecule has 5 rings (SSSR count). The van der Waals surface area contributed by atoms with E-state index in [0.717, 1.165) is 16.8 Å². The highest BCUT2D eigenvalue weighted by Gasteiger charge is 2.37. The predicted octanol–water partition coefficient (Wildman–Crippen LogP) is 3.90. The Kier molecular flexibility index (Phi) is 3.77. The van der Waals surface area contributed by atoms with Gasteiger partial charge in [0.25, 0.3) is 0 Å². The first-order chi connectivity index (χ1) is 13.6. The molecule has 2 aromatic carbocycles. The van der Waals surface area contributed by atoms with E-state index in [9.17, 15) is 8.42 Å². The van der Waals surface area contributed by atoms with Crippen molar-refractivity contribution in [3.63, 3.8) is 0 Å². The Morgan fingerprint density at radius 1 is 0.929 bits per heavy atom. The Balaban J connectivity index is 1.45. The van der Waals surface area contributed by atoms with Crippen molar-refractivity contribution in [2.24, 2.45) is 0 Å². The molecule has 2 N–H and O–H groups in total. The normalized spacial score (nSPS) is 13.7. The van der Waals surface area contributed by atoms with Crippen LogP contribution < -0.4 is 5.32 Å². The first-order valence-corrected chi connectivity index (χ1v) is 10.3. The number of anilines is 1. The molecule has 0 unspecified atom stereocenters. The molecule has 1 aliphatic heterocycles. The molecule has 4 aromatic rings. The summed E-state index contributed by atoms with van der Waals surface area (Å²) in [5, 5.41) is 10.5. The number of fused-ring (bicyclic) bond motifs is 3. The Morgan fingerprint density at radius 3 is 2.46 bits per heavy atom. The topological polar surface area (TPSA) is 87.7 Å². The van der Waals surface area contributed by atoms with Crippen molar-refractivity contribution in [2.45, 2.75) is 16.3 Å². The molecule has 0 fully saturated rings. The highest BCUT2D eigenvalue weighted by Crippen LogP contribution is 2.45. The van der Waals surface area contributed by atoms with Crippen molar-refractivity contribution in [3.8, 4) is 22.5 Å². The molecule has 0 amide bonds. The van der Waals surface area contributed by atoms with Gasteiger partial charge in [-0.1, -0.05) is 42.5 Å². The van der Waals surface area contributed by atoms with Crippen LogP contribution in [-0.4, -0.2) is 23.6 Å². The van der Waals surface area contributed by atoms with E-state index in [2.05, 4.69) is 20.5 Å². The van der Waals surface area contributed by atoms with Crippen molar-refractivity contribution in [1.82, 2.24) is 15.2 Å². The molecule has 0 saturated heterocycles. The van der Waals surface area contributed by atoms with Gasteiger partial charge < -0.3 is 5.32 Å². The zero-order valence-corrected chi connectivity index (χ0v) is 15.6. The maximum Gasteiger partial charge on any atom is 0.211 e. The number of nitrogens with zero attached hydrogens (tertiary/aromatic N) is 2. The largest absolute Gasteiger partial charge is 0.381 e. The fraction of sp³-hybridized carbons (Fsp3) is 0.0476. The zero-order valence-electron chi connectivity index (χ0n) is 14.8. The summed E-state index contributed by atoms with van der Waals surface area (Å²) in [5.74, 6) is 0. The average Bonchev–Trinajstić information content (AvgIpc) is 3.27. The Hall–Kier alpha value is -3.45. The van der Waals surface area contributed by atoms with E-state index in [1.54, 1.807) is 30.6 Å². The third-order valence-electron chi connectivity index (χ3n) is 4.84. The van der Waals surface area contributed by atoms with Crippen LogP contribution in [0, 0.1) is 0 Å². The van der Waals surface area contributed by atoms with E-state index in [1.165, 1.54) is 0 Å². The Morgan fingerprint density at radius 2 is 1.68 bits per heavy atom. The molecule has 7 heteroatoms. The lowest BCUT2D eigenvalue weighted by Crippen LogP contribution is -2.00. The van der Waals surface area contributed by atoms with Crippen molar-refractivity contribution < 1.29 is 8.42 Å². The van der Waals surface area contributed by atoms with E-state index in [1.807, 2.05) is 42.5 Å². The number of pyridine rings is 1. The van der Waals surface area contributed by atoms with Gasteiger partial charge >= 0.3 is 0 Å². The van der Waals surface area contributed by atoms with Crippen LogP contribution in [0.4, 0.5) is 5.69 Å². The van der Waals surface area contributed by atoms with Crippen LogP contribution >= 0.6 is 0 Å². The number of hydrogen-bond donors (Lipinski definition) is 2. The van der Waals surface area contributed by atoms with Gasteiger partial charge in [-0.15, -0.1) is 0 Å². The van der Waals surface area contributed by atoms with Crippen LogP contribution in [0.15, 0.2) is 82.8 Å². The van der Waals surface area contributed by atoms with E-state index in [0.29, 0.717) is 28.4 Å². The number of sulfone groups is 1. The van der Waals surface area contributed by atoms with Gasteiger partial charge in [0.15, 0.2) is 0 Å². The minimum absolute atomic E-state index is 0.261. The van der Waals surface area contributed by atoms with Crippen molar-refractivity contribution in [3.05, 3.63) is 78.6 Å².